The molecular formula is C41H31N9O15S3. The number of benzene rings is 7. The molecule has 0 aliphatic carbocycles. The molecule has 0 heterocycles. The van der Waals surface area contributed by atoms with Crippen LogP contribution in [0.2, 0.25) is 0 Å². The fourth-order valence-corrected chi connectivity index (χ4v) is 8.04. The Balaban J connectivity index is 1.09. The zero-order valence-electron chi connectivity index (χ0n) is 34.3. The molecule has 68 heavy (non-hydrogen) atoms. The highest BCUT2D eigenvalue weighted by molar-refractivity contribution is 7.86. The number of azo groups is 3. The summed E-state index contributed by atoms with van der Waals surface area (Å²) in [5.74, 6) is -1.23. The molecule has 24 nitrogen and oxygen atoms in total. The van der Waals surface area contributed by atoms with Crippen LogP contribution in [0.1, 0.15) is 0 Å². The molecule has 0 aromatic heterocycles. The number of nitro groups is 1. The summed E-state index contributed by atoms with van der Waals surface area (Å²) < 4.78 is 108. The number of non-ortho nitro benzene ring substituents is 1. The number of phenols is 3. The van der Waals surface area contributed by atoms with Crippen molar-refractivity contribution in [1.82, 2.24) is 0 Å². The fraction of sp³-hybridized carbons (Fsp3) is 0.0244. The van der Waals surface area contributed by atoms with Crippen molar-refractivity contribution in [3.05, 3.63) is 131 Å². The van der Waals surface area contributed by atoms with Crippen LogP contribution in [0.3, 0.4) is 0 Å². The van der Waals surface area contributed by atoms with Gasteiger partial charge in [0.25, 0.3) is 36.0 Å². The lowest BCUT2D eigenvalue weighted by Gasteiger charge is -2.12. The maximum Gasteiger partial charge on any atom is 0.296 e. The Hall–Kier alpha value is -8.47. The minimum absolute atomic E-state index is 0.0540. The molecular weight excluding hydrogens is 955 g/mol. The molecule has 0 saturated heterocycles. The molecule has 0 aliphatic heterocycles. The van der Waals surface area contributed by atoms with Gasteiger partial charge in [0.1, 0.15) is 44.1 Å². The van der Waals surface area contributed by atoms with Gasteiger partial charge in [-0.25, -0.2) is 0 Å². The van der Waals surface area contributed by atoms with Crippen molar-refractivity contribution in [3.8, 4) is 23.0 Å². The molecule has 0 spiro atoms. The van der Waals surface area contributed by atoms with Crippen molar-refractivity contribution in [2.45, 2.75) is 14.7 Å². The second-order valence-electron chi connectivity index (χ2n) is 14.0. The van der Waals surface area contributed by atoms with Crippen LogP contribution in [0, 0.1) is 10.1 Å². The molecule has 7 aromatic carbocycles. The Morgan fingerprint density at radius 2 is 1.07 bits per heavy atom. The first kappa shape index (κ1) is 47.5. The largest absolute Gasteiger partial charge is 0.506 e. The highest BCUT2D eigenvalue weighted by Crippen LogP contribution is 2.47. The number of methoxy groups -OCH3 is 1. The van der Waals surface area contributed by atoms with E-state index in [1.807, 2.05) is 0 Å². The maximum absolute atomic E-state index is 12.4. The predicted octanol–water partition coefficient (Wildman–Crippen LogP) is 10.3. The summed E-state index contributed by atoms with van der Waals surface area (Å²) in [6.07, 6.45) is 0. The van der Waals surface area contributed by atoms with Crippen LogP contribution in [0.4, 0.5) is 62.6 Å². The highest BCUT2D eigenvalue weighted by atomic mass is 32.2. The number of anilines is 4. The summed E-state index contributed by atoms with van der Waals surface area (Å²) in [5.41, 5.74) is -0.564. The van der Waals surface area contributed by atoms with E-state index in [1.54, 1.807) is 0 Å². The van der Waals surface area contributed by atoms with E-state index in [9.17, 15) is 64.3 Å². The van der Waals surface area contributed by atoms with Crippen LogP contribution in [0.25, 0.3) is 10.8 Å². The van der Waals surface area contributed by atoms with E-state index in [0.717, 1.165) is 30.3 Å². The fourth-order valence-electron chi connectivity index (χ4n) is 6.18. The van der Waals surface area contributed by atoms with E-state index >= 15 is 0 Å². The Kier molecular flexibility index (Phi) is 13.1. The zero-order chi connectivity index (χ0) is 49.1. The smallest absolute Gasteiger partial charge is 0.296 e. The van der Waals surface area contributed by atoms with Crippen LogP contribution < -0.4 is 15.4 Å². The van der Waals surface area contributed by atoms with E-state index in [4.69, 9.17) is 4.74 Å². The number of hydrogen-bond acceptors (Lipinski definition) is 20. The van der Waals surface area contributed by atoms with E-state index in [1.165, 1.54) is 92.0 Å². The molecule has 0 fully saturated rings. The lowest BCUT2D eigenvalue weighted by molar-refractivity contribution is -0.385. The number of rotatable bonds is 15. The minimum Gasteiger partial charge on any atom is -0.506 e. The van der Waals surface area contributed by atoms with E-state index < -0.39 is 78.5 Å². The third-order valence-corrected chi connectivity index (χ3v) is 12.0. The van der Waals surface area contributed by atoms with Crippen LogP contribution in [-0.4, -0.2) is 66.3 Å². The van der Waals surface area contributed by atoms with Gasteiger partial charge in [-0.15, -0.1) is 20.5 Å². The van der Waals surface area contributed by atoms with Gasteiger partial charge in [0.2, 0.25) is 0 Å². The molecule has 27 heteroatoms. The van der Waals surface area contributed by atoms with Gasteiger partial charge in [-0.2, -0.15) is 35.5 Å². The second-order valence-corrected chi connectivity index (χ2v) is 18.2. The number of fused-ring (bicyclic) bond motifs is 1. The quantitative estimate of drug-likeness (QED) is 0.0205. The Labute approximate surface area is 383 Å². The van der Waals surface area contributed by atoms with Gasteiger partial charge in [0, 0.05) is 41.3 Å². The third kappa shape index (κ3) is 11.0. The highest BCUT2D eigenvalue weighted by Gasteiger charge is 2.26. The molecule has 7 aromatic rings. The average Bonchev–Trinajstić information content (AvgIpc) is 3.27. The average molecular weight is 986 g/mol. The zero-order valence-corrected chi connectivity index (χ0v) is 36.7. The topological polar surface area (TPSA) is 374 Å². The van der Waals surface area contributed by atoms with Crippen molar-refractivity contribution in [2.24, 2.45) is 30.7 Å². The molecule has 0 unspecified atom stereocenters. The van der Waals surface area contributed by atoms with Gasteiger partial charge < -0.3 is 30.7 Å². The number of aromatic hydroxyl groups is 3. The minimum atomic E-state index is -5.14. The number of nitrogens with one attached hydrogen (secondary N) is 2. The van der Waals surface area contributed by atoms with Crippen molar-refractivity contribution in [2.75, 3.05) is 17.7 Å². The first-order valence-electron chi connectivity index (χ1n) is 18.8. The number of ether oxygens (including phenoxy) is 1. The van der Waals surface area contributed by atoms with Crippen LogP contribution in [0.5, 0.6) is 23.0 Å². The van der Waals surface area contributed by atoms with Crippen molar-refractivity contribution < 1.29 is 63.9 Å². The normalized spacial score (nSPS) is 12.3. The summed E-state index contributed by atoms with van der Waals surface area (Å²) >= 11 is 0. The third-order valence-electron chi connectivity index (χ3n) is 9.39. The molecule has 8 N–H and O–H groups in total. The predicted molar refractivity (Wildman–Crippen MR) is 243 cm³/mol. The molecule has 0 amide bonds. The molecule has 0 radical (unpaired) electrons. The van der Waals surface area contributed by atoms with E-state index in [-0.39, 0.29) is 45.0 Å². The first-order valence-corrected chi connectivity index (χ1v) is 23.1. The summed E-state index contributed by atoms with van der Waals surface area (Å²) in [6, 6.07) is 25.5. The maximum atomic E-state index is 12.4. The molecule has 348 valence electrons. The molecule has 7 rings (SSSR count). The van der Waals surface area contributed by atoms with Gasteiger partial charge in [0.05, 0.1) is 45.1 Å². The van der Waals surface area contributed by atoms with Gasteiger partial charge >= 0.3 is 0 Å². The van der Waals surface area contributed by atoms with Crippen LogP contribution in [0.15, 0.2) is 167 Å². The van der Waals surface area contributed by atoms with Gasteiger partial charge in [-0.3, -0.25) is 23.8 Å². The summed E-state index contributed by atoms with van der Waals surface area (Å²) in [5, 5.41) is 73.0. The van der Waals surface area contributed by atoms with Gasteiger partial charge in [-0.1, -0.05) is 0 Å². The molecule has 0 bridgehead atoms. The Bertz CT molecular complexity index is 3590. The number of nitro benzene ring substituents is 1. The lowest BCUT2D eigenvalue weighted by Crippen LogP contribution is -2.04. The molecule has 0 saturated carbocycles. The number of hydrogen-bond donors (Lipinski definition) is 8. The van der Waals surface area contributed by atoms with Crippen molar-refractivity contribution >= 4 is 104 Å². The van der Waals surface area contributed by atoms with Crippen molar-refractivity contribution in [3.63, 3.8) is 0 Å². The van der Waals surface area contributed by atoms with Crippen molar-refractivity contribution in [1.29, 1.82) is 0 Å². The first-order chi connectivity index (χ1) is 32.1. The number of nitrogens with zero attached hydrogens (tertiary/aromatic N) is 7. The Morgan fingerprint density at radius 3 is 1.60 bits per heavy atom. The number of phenolic OH excluding ortho intramolecular Hbond substituents is 3. The van der Waals surface area contributed by atoms with Crippen LogP contribution >= 0.6 is 0 Å². The van der Waals surface area contributed by atoms with Gasteiger partial charge in [0.15, 0.2) is 5.75 Å². The Morgan fingerprint density at radius 1 is 0.544 bits per heavy atom. The van der Waals surface area contributed by atoms with Crippen LogP contribution in [-0.2, 0) is 30.4 Å². The monoisotopic (exact) mass is 985 g/mol. The summed E-state index contributed by atoms with van der Waals surface area (Å²) in [7, 11) is -13.5. The molecule has 0 atom stereocenters. The van der Waals surface area contributed by atoms with Gasteiger partial charge in [-0.05, 0) is 102 Å². The SMILES string of the molecule is COc1ccc(N=Nc2c(S(=O)(=O)O)cc3cc(S(=O)(=O)O)cc(N=Nc4ccc(Nc5ccc(N=Nc6ccc(Nc7ccc([N+](=O)[O-])cc7S(=O)(=O)O)cc6)c(O)c5)cc4O)c3c2O)cc1. The summed E-state index contributed by atoms with van der Waals surface area (Å²) in [4.78, 5) is 7.82. The molecule has 0 aliphatic rings. The van der Waals surface area contributed by atoms with E-state index in [2.05, 4.69) is 41.3 Å². The standard InChI is InChI=1S/C41H31N9O15S3/c1-65-29-11-6-25(7-12-29)45-49-40-38(68(62,63)64)17-22-16-30(66(56,57)58)21-34(39(22)41(40)53)48-47-32-14-9-27(19-36(32)52)42-26-8-13-31(35(51)18-26)46-44-24-4-2-23(3-5-24)43-33-15-10-28(50(54)55)20-37(33)67(59,60)61/h2-21,42-43,51-53H,1H3,(H,56,57,58)(H,59,60,61)(H,62,63,64). The summed E-state index contributed by atoms with van der Waals surface area (Å²) in [6.45, 7) is 0. The lowest BCUT2D eigenvalue weighted by atomic mass is 10.1. The van der Waals surface area contributed by atoms with E-state index in [0.29, 0.717) is 28.9 Å². The second kappa shape index (κ2) is 18.8.